The van der Waals surface area contributed by atoms with Crippen LogP contribution in [0.3, 0.4) is 0 Å². The average Bonchev–Trinajstić information content (AvgIpc) is 2.97. The van der Waals surface area contributed by atoms with Crippen LogP contribution in [0.2, 0.25) is 0 Å². The maximum Gasteiger partial charge on any atom is 0.237 e. The predicted molar refractivity (Wildman–Crippen MR) is 68.9 cm³/mol. The molecule has 17 heavy (non-hydrogen) atoms. The van der Waals surface area contributed by atoms with E-state index in [9.17, 15) is 9.59 Å². The third-order valence-corrected chi connectivity index (χ3v) is 2.68. The highest BCUT2D eigenvalue weighted by molar-refractivity contribution is 5.85. The summed E-state index contributed by atoms with van der Waals surface area (Å²) in [6.45, 7) is 4.95. The Kier molecular flexibility index (Phi) is 7.15. The smallest absolute Gasteiger partial charge is 0.237 e. The van der Waals surface area contributed by atoms with Gasteiger partial charge in [-0.2, -0.15) is 0 Å². The Morgan fingerprint density at radius 3 is 2.41 bits per heavy atom. The highest BCUT2D eigenvalue weighted by Crippen LogP contribution is 2.27. The molecule has 0 aromatic carbocycles. The molecule has 0 aromatic heterocycles. The van der Waals surface area contributed by atoms with Gasteiger partial charge in [-0.3, -0.25) is 9.59 Å². The Morgan fingerprint density at radius 1 is 1.41 bits per heavy atom. The van der Waals surface area contributed by atoms with Crippen LogP contribution < -0.4 is 11.1 Å². The minimum Gasteiger partial charge on any atom is -0.368 e. The zero-order chi connectivity index (χ0) is 12.1. The van der Waals surface area contributed by atoms with Gasteiger partial charge >= 0.3 is 0 Å². The fourth-order valence-electron chi connectivity index (χ4n) is 1.53. The van der Waals surface area contributed by atoms with Gasteiger partial charge in [0.05, 0.1) is 13.1 Å². The summed E-state index contributed by atoms with van der Waals surface area (Å²) < 4.78 is 0. The molecule has 1 rings (SSSR count). The van der Waals surface area contributed by atoms with Crippen LogP contribution in [0.1, 0.15) is 26.7 Å². The molecular weight excluding hydrogens is 242 g/mol. The standard InChI is InChI=1S/C11H21N3O2.ClH/c1-8(2)14(7-10(12)15)11(16)6-13-5-9-3-4-9;/h8-9,13H,3-7H2,1-2H3,(H2,12,15);1H. The van der Waals surface area contributed by atoms with E-state index in [1.165, 1.54) is 17.7 Å². The molecule has 0 aromatic rings. The van der Waals surface area contributed by atoms with Crippen LogP contribution in [0.4, 0.5) is 0 Å². The first-order valence-corrected chi connectivity index (χ1v) is 5.79. The van der Waals surface area contributed by atoms with Crippen molar-refractivity contribution >= 4 is 24.2 Å². The Hall–Kier alpha value is -0.810. The molecule has 0 heterocycles. The van der Waals surface area contributed by atoms with Crippen molar-refractivity contribution in [3.63, 3.8) is 0 Å². The molecule has 0 saturated heterocycles. The van der Waals surface area contributed by atoms with E-state index in [0.717, 1.165) is 12.5 Å². The van der Waals surface area contributed by atoms with Crippen molar-refractivity contribution in [3.05, 3.63) is 0 Å². The second-order valence-corrected chi connectivity index (χ2v) is 4.66. The quantitative estimate of drug-likeness (QED) is 0.686. The molecule has 0 spiro atoms. The Labute approximate surface area is 109 Å². The molecule has 2 amide bonds. The molecule has 3 N–H and O–H groups in total. The Balaban J connectivity index is 0.00000256. The number of nitrogens with two attached hydrogens (primary N) is 1. The molecule has 1 saturated carbocycles. The highest BCUT2D eigenvalue weighted by Gasteiger charge is 2.22. The second kappa shape index (κ2) is 7.50. The summed E-state index contributed by atoms with van der Waals surface area (Å²) in [4.78, 5) is 24.1. The zero-order valence-corrected chi connectivity index (χ0v) is 11.3. The largest absolute Gasteiger partial charge is 0.368 e. The van der Waals surface area contributed by atoms with E-state index in [1.807, 2.05) is 13.8 Å². The highest BCUT2D eigenvalue weighted by atomic mass is 35.5. The van der Waals surface area contributed by atoms with Crippen molar-refractivity contribution < 1.29 is 9.59 Å². The van der Waals surface area contributed by atoms with E-state index in [0.29, 0.717) is 6.54 Å². The molecule has 1 aliphatic carbocycles. The minimum atomic E-state index is -0.468. The van der Waals surface area contributed by atoms with E-state index >= 15 is 0 Å². The number of hydrogen-bond acceptors (Lipinski definition) is 3. The Morgan fingerprint density at radius 2 is 2.00 bits per heavy atom. The van der Waals surface area contributed by atoms with Gasteiger partial charge in [-0.15, -0.1) is 12.4 Å². The van der Waals surface area contributed by atoms with Crippen molar-refractivity contribution in [2.45, 2.75) is 32.7 Å². The number of carbonyl (C=O) groups is 2. The second-order valence-electron chi connectivity index (χ2n) is 4.66. The molecule has 0 atom stereocenters. The lowest BCUT2D eigenvalue weighted by molar-refractivity contribution is -0.136. The van der Waals surface area contributed by atoms with Crippen LogP contribution in [-0.2, 0) is 9.59 Å². The summed E-state index contributed by atoms with van der Waals surface area (Å²) in [5.74, 6) is 0.218. The van der Waals surface area contributed by atoms with Crippen LogP contribution in [0.5, 0.6) is 0 Å². The fourth-order valence-corrected chi connectivity index (χ4v) is 1.53. The van der Waals surface area contributed by atoms with Gasteiger partial charge in [-0.1, -0.05) is 0 Å². The molecule has 0 radical (unpaired) electrons. The number of hydrogen-bond donors (Lipinski definition) is 2. The molecule has 1 aliphatic rings. The molecular formula is C11H22ClN3O2. The molecule has 0 unspecified atom stereocenters. The first-order chi connectivity index (χ1) is 7.50. The summed E-state index contributed by atoms with van der Waals surface area (Å²) in [7, 11) is 0. The lowest BCUT2D eigenvalue weighted by Crippen LogP contribution is -2.46. The van der Waals surface area contributed by atoms with E-state index in [-0.39, 0.29) is 30.9 Å². The van der Waals surface area contributed by atoms with E-state index in [2.05, 4.69) is 5.32 Å². The number of nitrogens with zero attached hydrogens (tertiary/aromatic N) is 1. The van der Waals surface area contributed by atoms with Gasteiger partial charge in [0.2, 0.25) is 11.8 Å². The lowest BCUT2D eigenvalue weighted by Gasteiger charge is -2.25. The maximum absolute atomic E-state index is 11.8. The molecule has 5 nitrogen and oxygen atoms in total. The number of primary amides is 1. The first-order valence-electron chi connectivity index (χ1n) is 5.79. The average molecular weight is 264 g/mol. The van der Waals surface area contributed by atoms with Crippen molar-refractivity contribution in [1.29, 1.82) is 0 Å². The number of rotatable bonds is 7. The molecule has 1 fully saturated rings. The van der Waals surface area contributed by atoms with Gasteiger partial charge in [-0.05, 0) is 39.2 Å². The predicted octanol–water partition coefficient (Wildman–Crippen LogP) is 0.130. The summed E-state index contributed by atoms with van der Waals surface area (Å²) >= 11 is 0. The zero-order valence-electron chi connectivity index (χ0n) is 10.4. The third kappa shape index (κ3) is 6.48. The van der Waals surface area contributed by atoms with E-state index in [1.54, 1.807) is 0 Å². The summed E-state index contributed by atoms with van der Waals surface area (Å²) in [5.41, 5.74) is 5.10. The number of halogens is 1. The van der Waals surface area contributed by atoms with Crippen LogP contribution in [-0.4, -0.2) is 42.4 Å². The van der Waals surface area contributed by atoms with Crippen LogP contribution in [0.15, 0.2) is 0 Å². The Bertz CT molecular complexity index is 267. The minimum absolute atomic E-state index is 0. The summed E-state index contributed by atoms with van der Waals surface area (Å²) in [6.07, 6.45) is 2.52. The number of amides is 2. The third-order valence-electron chi connectivity index (χ3n) is 2.68. The van der Waals surface area contributed by atoms with Gasteiger partial charge in [0.25, 0.3) is 0 Å². The monoisotopic (exact) mass is 263 g/mol. The molecule has 100 valence electrons. The number of nitrogens with one attached hydrogen (secondary N) is 1. The van der Waals surface area contributed by atoms with Gasteiger partial charge < -0.3 is 16.0 Å². The normalized spacial score (nSPS) is 14.3. The first kappa shape index (κ1) is 16.2. The number of carbonyl (C=O) groups excluding carboxylic acids is 2. The lowest BCUT2D eigenvalue weighted by atomic mass is 10.3. The summed E-state index contributed by atoms with van der Waals surface area (Å²) in [5, 5.41) is 3.11. The van der Waals surface area contributed by atoms with E-state index < -0.39 is 5.91 Å². The SMILES string of the molecule is CC(C)N(CC(N)=O)C(=O)CNCC1CC1.Cl. The van der Waals surface area contributed by atoms with Crippen molar-refractivity contribution in [2.24, 2.45) is 11.7 Å². The fraction of sp³-hybridized carbons (Fsp3) is 0.818. The van der Waals surface area contributed by atoms with Crippen LogP contribution in [0, 0.1) is 5.92 Å². The van der Waals surface area contributed by atoms with Crippen molar-refractivity contribution in [1.82, 2.24) is 10.2 Å². The van der Waals surface area contributed by atoms with Crippen molar-refractivity contribution in [2.75, 3.05) is 19.6 Å². The topological polar surface area (TPSA) is 75.4 Å². The van der Waals surface area contributed by atoms with Gasteiger partial charge in [0, 0.05) is 6.04 Å². The van der Waals surface area contributed by atoms with Gasteiger partial charge in [0.1, 0.15) is 0 Å². The van der Waals surface area contributed by atoms with Crippen molar-refractivity contribution in [3.8, 4) is 0 Å². The maximum atomic E-state index is 11.8. The molecule has 0 bridgehead atoms. The van der Waals surface area contributed by atoms with Crippen LogP contribution >= 0.6 is 12.4 Å². The molecule has 0 aliphatic heterocycles. The van der Waals surface area contributed by atoms with Gasteiger partial charge in [-0.25, -0.2) is 0 Å². The summed E-state index contributed by atoms with van der Waals surface area (Å²) in [6, 6.07) is 0.00252. The van der Waals surface area contributed by atoms with Crippen LogP contribution in [0.25, 0.3) is 0 Å². The van der Waals surface area contributed by atoms with E-state index in [4.69, 9.17) is 5.73 Å². The van der Waals surface area contributed by atoms with Gasteiger partial charge in [0.15, 0.2) is 0 Å². The molecule has 6 heteroatoms.